The van der Waals surface area contributed by atoms with Gasteiger partial charge in [-0.05, 0) is 19.1 Å². The third kappa shape index (κ3) is 3.34. The lowest BCUT2D eigenvalue weighted by Gasteiger charge is -2.33. The van der Waals surface area contributed by atoms with Crippen LogP contribution < -0.4 is 5.32 Å². The molecule has 4 heteroatoms. The molecular weight excluding hydrogens is 230 g/mol. The van der Waals surface area contributed by atoms with E-state index in [9.17, 15) is 5.11 Å². The van der Waals surface area contributed by atoms with E-state index in [-0.39, 0.29) is 6.04 Å². The highest BCUT2D eigenvalue weighted by Crippen LogP contribution is 2.22. The number of aryl methyl sites for hydroxylation is 1. The Morgan fingerprint density at radius 1 is 1.39 bits per heavy atom. The minimum absolute atomic E-state index is 0.122. The van der Waals surface area contributed by atoms with E-state index in [2.05, 4.69) is 19.2 Å². The van der Waals surface area contributed by atoms with Crippen LogP contribution in [0.1, 0.15) is 44.3 Å². The Balaban J connectivity index is 1.85. The molecule has 1 aliphatic heterocycles. The lowest BCUT2D eigenvalue weighted by Crippen LogP contribution is -2.45. The van der Waals surface area contributed by atoms with Gasteiger partial charge in [0.05, 0.1) is 11.6 Å². The van der Waals surface area contributed by atoms with E-state index >= 15 is 0 Å². The normalized spacial score (nSPS) is 20.8. The van der Waals surface area contributed by atoms with Crippen LogP contribution in [0.2, 0.25) is 0 Å². The summed E-state index contributed by atoms with van der Waals surface area (Å²) >= 11 is 0. The summed E-state index contributed by atoms with van der Waals surface area (Å²) in [5, 5.41) is 13.7. The topological polar surface area (TPSA) is 54.6 Å². The van der Waals surface area contributed by atoms with Crippen LogP contribution in [0.3, 0.4) is 0 Å². The standard InChI is InChI=1S/C14H23NO3/c1-3-12-4-5-13(18-12)11(2)15-10-14(16)6-8-17-9-7-14/h4-5,11,15-16H,3,6-10H2,1-2H3. The number of nitrogens with one attached hydrogen (secondary N) is 1. The summed E-state index contributed by atoms with van der Waals surface area (Å²) in [5.41, 5.74) is -0.632. The van der Waals surface area contributed by atoms with Crippen molar-refractivity contribution in [2.45, 2.75) is 44.8 Å². The third-order valence-electron chi connectivity index (χ3n) is 3.62. The van der Waals surface area contributed by atoms with Gasteiger partial charge >= 0.3 is 0 Å². The second kappa shape index (κ2) is 5.87. The van der Waals surface area contributed by atoms with E-state index in [4.69, 9.17) is 9.15 Å². The lowest BCUT2D eigenvalue weighted by molar-refractivity contribution is -0.0628. The number of rotatable bonds is 5. The van der Waals surface area contributed by atoms with Crippen molar-refractivity contribution in [2.24, 2.45) is 0 Å². The quantitative estimate of drug-likeness (QED) is 0.843. The van der Waals surface area contributed by atoms with Gasteiger partial charge in [0.15, 0.2) is 0 Å². The predicted molar refractivity (Wildman–Crippen MR) is 69.5 cm³/mol. The third-order valence-corrected chi connectivity index (χ3v) is 3.62. The van der Waals surface area contributed by atoms with Gasteiger partial charge in [-0.1, -0.05) is 6.92 Å². The Labute approximate surface area is 108 Å². The first kappa shape index (κ1) is 13.6. The molecule has 0 aliphatic carbocycles. The van der Waals surface area contributed by atoms with Crippen LogP contribution in [-0.2, 0) is 11.2 Å². The van der Waals surface area contributed by atoms with Crippen molar-refractivity contribution < 1.29 is 14.3 Å². The number of hydrogen-bond donors (Lipinski definition) is 2. The van der Waals surface area contributed by atoms with E-state index in [0.29, 0.717) is 32.6 Å². The largest absolute Gasteiger partial charge is 0.464 e. The van der Waals surface area contributed by atoms with Gasteiger partial charge in [-0.3, -0.25) is 0 Å². The predicted octanol–water partition coefficient (Wildman–Crippen LogP) is 2.03. The van der Waals surface area contributed by atoms with Gasteiger partial charge in [0, 0.05) is 39.0 Å². The molecule has 1 aromatic heterocycles. The summed E-state index contributed by atoms with van der Waals surface area (Å²) in [5.74, 6) is 1.94. The zero-order chi connectivity index (χ0) is 13.0. The number of aliphatic hydroxyl groups is 1. The van der Waals surface area contributed by atoms with E-state index in [1.54, 1.807) is 0 Å². The molecule has 0 bridgehead atoms. The molecule has 2 N–H and O–H groups in total. The van der Waals surface area contributed by atoms with Crippen LogP contribution in [0.15, 0.2) is 16.5 Å². The summed E-state index contributed by atoms with van der Waals surface area (Å²) in [7, 11) is 0. The zero-order valence-corrected chi connectivity index (χ0v) is 11.2. The molecule has 1 aromatic rings. The maximum Gasteiger partial charge on any atom is 0.120 e. The monoisotopic (exact) mass is 253 g/mol. The molecule has 1 aliphatic rings. The van der Waals surface area contributed by atoms with E-state index in [1.165, 1.54) is 0 Å². The van der Waals surface area contributed by atoms with E-state index in [0.717, 1.165) is 17.9 Å². The zero-order valence-electron chi connectivity index (χ0n) is 11.2. The van der Waals surface area contributed by atoms with Crippen LogP contribution in [0.4, 0.5) is 0 Å². The maximum atomic E-state index is 10.3. The fourth-order valence-electron chi connectivity index (χ4n) is 2.19. The van der Waals surface area contributed by atoms with Crippen LogP contribution in [-0.4, -0.2) is 30.5 Å². The highest BCUT2D eigenvalue weighted by Gasteiger charge is 2.30. The highest BCUT2D eigenvalue weighted by atomic mass is 16.5. The molecule has 0 saturated carbocycles. The van der Waals surface area contributed by atoms with Gasteiger partial charge in [-0.25, -0.2) is 0 Å². The second-order valence-electron chi connectivity index (χ2n) is 5.10. The average Bonchev–Trinajstić information content (AvgIpc) is 2.86. The Bertz CT molecular complexity index is 369. The minimum Gasteiger partial charge on any atom is -0.464 e. The molecule has 0 radical (unpaired) electrons. The van der Waals surface area contributed by atoms with Gasteiger partial charge in [0.1, 0.15) is 11.5 Å². The van der Waals surface area contributed by atoms with Crippen molar-refractivity contribution in [3.05, 3.63) is 23.7 Å². The first-order valence-corrected chi connectivity index (χ1v) is 6.75. The molecular formula is C14H23NO3. The maximum absolute atomic E-state index is 10.3. The molecule has 0 aromatic carbocycles. The molecule has 1 atom stereocenters. The van der Waals surface area contributed by atoms with Crippen molar-refractivity contribution in [3.63, 3.8) is 0 Å². The average molecular weight is 253 g/mol. The molecule has 0 spiro atoms. The lowest BCUT2D eigenvalue weighted by atomic mass is 9.94. The summed E-state index contributed by atoms with van der Waals surface area (Å²) < 4.78 is 11.0. The van der Waals surface area contributed by atoms with Crippen LogP contribution in [0.25, 0.3) is 0 Å². The Morgan fingerprint density at radius 2 is 2.11 bits per heavy atom. The Hall–Kier alpha value is -0.840. The fraction of sp³-hybridized carbons (Fsp3) is 0.714. The van der Waals surface area contributed by atoms with Crippen molar-refractivity contribution in [1.29, 1.82) is 0 Å². The van der Waals surface area contributed by atoms with Gasteiger partial charge in [-0.2, -0.15) is 0 Å². The summed E-state index contributed by atoms with van der Waals surface area (Å²) in [6.07, 6.45) is 2.31. The molecule has 4 nitrogen and oxygen atoms in total. The van der Waals surface area contributed by atoms with Crippen molar-refractivity contribution in [3.8, 4) is 0 Å². The first-order valence-electron chi connectivity index (χ1n) is 6.75. The van der Waals surface area contributed by atoms with E-state index < -0.39 is 5.60 Å². The first-order chi connectivity index (χ1) is 8.63. The van der Waals surface area contributed by atoms with Gasteiger partial charge < -0.3 is 19.6 Å². The molecule has 0 amide bonds. The molecule has 1 fully saturated rings. The molecule has 1 saturated heterocycles. The molecule has 2 rings (SSSR count). The van der Waals surface area contributed by atoms with E-state index in [1.807, 2.05) is 12.1 Å². The Morgan fingerprint density at radius 3 is 2.72 bits per heavy atom. The summed E-state index contributed by atoms with van der Waals surface area (Å²) in [6, 6.07) is 4.14. The van der Waals surface area contributed by atoms with Gasteiger partial charge in [-0.15, -0.1) is 0 Å². The minimum atomic E-state index is -0.632. The van der Waals surface area contributed by atoms with Gasteiger partial charge in [0.2, 0.25) is 0 Å². The molecule has 2 heterocycles. The number of furan rings is 1. The van der Waals surface area contributed by atoms with Crippen LogP contribution in [0.5, 0.6) is 0 Å². The van der Waals surface area contributed by atoms with Crippen LogP contribution >= 0.6 is 0 Å². The van der Waals surface area contributed by atoms with Crippen molar-refractivity contribution >= 4 is 0 Å². The van der Waals surface area contributed by atoms with Crippen molar-refractivity contribution in [2.75, 3.05) is 19.8 Å². The molecule has 18 heavy (non-hydrogen) atoms. The molecule has 102 valence electrons. The number of ether oxygens (including phenoxy) is 1. The highest BCUT2D eigenvalue weighted by molar-refractivity contribution is 5.10. The second-order valence-corrected chi connectivity index (χ2v) is 5.10. The summed E-state index contributed by atoms with van der Waals surface area (Å²) in [4.78, 5) is 0. The van der Waals surface area contributed by atoms with Crippen molar-refractivity contribution in [1.82, 2.24) is 5.32 Å². The Kier molecular flexibility index (Phi) is 4.43. The molecule has 1 unspecified atom stereocenters. The fourth-order valence-corrected chi connectivity index (χ4v) is 2.19. The number of hydrogen-bond acceptors (Lipinski definition) is 4. The smallest absolute Gasteiger partial charge is 0.120 e. The summed E-state index contributed by atoms with van der Waals surface area (Å²) in [6.45, 7) is 6.01. The van der Waals surface area contributed by atoms with Gasteiger partial charge in [0.25, 0.3) is 0 Å². The SMILES string of the molecule is CCc1ccc(C(C)NCC2(O)CCOCC2)o1. The van der Waals surface area contributed by atoms with Crippen LogP contribution in [0, 0.1) is 0 Å².